The van der Waals surface area contributed by atoms with E-state index >= 15 is 0 Å². The standard InChI is InChI=1S/C27H52O2/c1-2-3-4-5-6-7-8-9-10-11-12-13-14-15-16-17-18-19-20-21-22-23-24-25-26-27(28)29/h13-14H,2-12,15-26H2,1H3,(H,28,29). The van der Waals surface area contributed by atoms with Gasteiger partial charge in [0.05, 0.1) is 0 Å². The van der Waals surface area contributed by atoms with Crippen LogP contribution < -0.4 is 0 Å². The van der Waals surface area contributed by atoms with Gasteiger partial charge in [-0.2, -0.15) is 0 Å². The largest absolute Gasteiger partial charge is 0.481 e. The lowest BCUT2D eigenvalue weighted by molar-refractivity contribution is -0.137. The van der Waals surface area contributed by atoms with Crippen LogP contribution in [0.5, 0.6) is 0 Å². The second kappa shape index (κ2) is 25.2. The van der Waals surface area contributed by atoms with Crippen molar-refractivity contribution in [3.05, 3.63) is 12.2 Å². The molecule has 0 saturated carbocycles. The summed E-state index contributed by atoms with van der Waals surface area (Å²) in [6.45, 7) is 2.29. The summed E-state index contributed by atoms with van der Waals surface area (Å²) in [7, 11) is 0. The Bertz CT molecular complexity index is 348. The van der Waals surface area contributed by atoms with Crippen molar-refractivity contribution in [1.29, 1.82) is 0 Å². The van der Waals surface area contributed by atoms with Gasteiger partial charge in [-0.05, 0) is 32.1 Å². The lowest BCUT2D eigenvalue weighted by Gasteiger charge is -2.02. The summed E-state index contributed by atoms with van der Waals surface area (Å²) >= 11 is 0. The van der Waals surface area contributed by atoms with E-state index in [0.29, 0.717) is 6.42 Å². The Balaban J connectivity index is 3.08. The second-order valence-corrected chi connectivity index (χ2v) is 8.91. The maximum absolute atomic E-state index is 10.4. The van der Waals surface area contributed by atoms with E-state index in [1.165, 1.54) is 128 Å². The molecule has 0 bridgehead atoms. The number of allylic oxidation sites excluding steroid dienone is 2. The summed E-state index contributed by atoms with van der Waals surface area (Å²) in [6, 6.07) is 0. The van der Waals surface area contributed by atoms with Crippen LogP contribution in [0.2, 0.25) is 0 Å². The summed E-state index contributed by atoms with van der Waals surface area (Å²) < 4.78 is 0. The quantitative estimate of drug-likeness (QED) is 0.127. The molecule has 2 heteroatoms. The van der Waals surface area contributed by atoms with Crippen LogP contribution in [-0.4, -0.2) is 11.1 Å². The molecule has 0 rings (SSSR count). The van der Waals surface area contributed by atoms with E-state index in [4.69, 9.17) is 5.11 Å². The molecule has 0 spiro atoms. The van der Waals surface area contributed by atoms with E-state index in [1.54, 1.807) is 0 Å². The monoisotopic (exact) mass is 408 g/mol. The highest BCUT2D eigenvalue weighted by Gasteiger charge is 1.97. The molecule has 0 fully saturated rings. The first-order valence-electron chi connectivity index (χ1n) is 13.1. The van der Waals surface area contributed by atoms with Crippen molar-refractivity contribution in [3.8, 4) is 0 Å². The van der Waals surface area contributed by atoms with Crippen LogP contribution in [-0.2, 0) is 4.79 Å². The minimum absolute atomic E-state index is 0.341. The minimum Gasteiger partial charge on any atom is -0.481 e. The van der Waals surface area contributed by atoms with E-state index in [0.717, 1.165) is 12.8 Å². The molecule has 0 saturated heterocycles. The second-order valence-electron chi connectivity index (χ2n) is 8.91. The van der Waals surface area contributed by atoms with Crippen molar-refractivity contribution < 1.29 is 9.90 Å². The molecule has 0 unspecified atom stereocenters. The predicted octanol–water partition coefficient (Wildman–Crippen LogP) is 9.62. The Morgan fingerprint density at radius 1 is 0.517 bits per heavy atom. The van der Waals surface area contributed by atoms with Gasteiger partial charge in [-0.15, -0.1) is 0 Å². The van der Waals surface area contributed by atoms with Crippen molar-refractivity contribution in [1.82, 2.24) is 0 Å². The number of carbonyl (C=O) groups is 1. The van der Waals surface area contributed by atoms with Gasteiger partial charge in [0.1, 0.15) is 0 Å². The van der Waals surface area contributed by atoms with Gasteiger partial charge >= 0.3 is 5.97 Å². The van der Waals surface area contributed by atoms with Crippen molar-refractivity contribution in [3.63, 3.8) is 0 Å². The maximum atomic E-state index is 10.4. The predicted molar refractivity (Wildman–Crippen MR) is 129 cm³/mol. The molecule has 0 aliphatic carbocycles. The highest BCUT2D eigenvalue weighted by molar-refractivity contribution is 5.66. The zero-order valence-corrected chi connectivity index (χ0v) is 19.8. The van der Waals surface area contributed by atoms with Crippen molar-refractivity contribution in [2.75, 3.05) is 0 Å². The number of aliphatic carboxylic acids is 1. The fourth-order valence-corrected chi connectivity index (χ4v) is 3.94. The first-order valence-corrected chi connectivity index (χ1v) is 13.1. The molecule has 29 heavy (non-hydrogen) atoms. The number of unbranched alkanes of at least 4 members (excludes halogenated alkanes) is 20. The van der Waals surface area contributed by atoms with E-state index in [2.05, 4.69) is 19.1 Å². The molecule has 0 aliphatic heterocycles. The SMILES string of the molecule is CCCCCCCCCCCCC=CCCCCCCCCCCCCC(=O)O. The van der Waals surface area contributed by atoms with E-state index in [9.17, 15) is 4.79 Å². The zero-order valence-electron chi connectivity index (χ0n) is 19.8. The van der Waals surface area contributed by atoms with Gasteiger partial charge in [0.25, 0.3) is 0 Å². The number of rotatable bonds is 24. The smallest absolute Gasteiger partial charge is 0.303 e. The molecule has 2 nitrogen and oxygen atoms in total. The normalized spacial score (nSPS) is 11.5. The summed E-state index contributed by atoms with van der Waals surface area (Å²) in [5, 5.41) is 8.59. The van der Waals surface area contributed by atoms with Crippen LogP contribution in [0.1, 0.15) is 155 Å². The van der Waals surface area contributed by atoms with Crippen LogP contribution in [0.25, 0.3) is 0 Å². The van der Waals surface area contributed by atoms with E-state index in [1.807, 2.05) is 0 Å². The van der Waals surface area contributed by atoms with Crippen molar-refractivity contribution >= 4 is 5.97 Å². The Labute approximate surface area is 182 Å². The molecule has 0 radical (unpaired) electrons. The summed E-state index contributed by atoms with van der Waals surface area (Å²) in [5.41, 5.74) is 0. The van der Waals surface area contributed by atoms with Crippen molar-refractivity contribution in [2.24, 2.45) is 0 Å². The van der Waals surface area contributed by atoms with Gasteiger partial charge < -0.3 is 5.11 Å². The average molecular weight is 409 g/mol. The molecule has 0 amide bonds. The number of carboxylic acids is 1. The highest BCUT2D eigenvalue weighted by atomic mass is 16.4. The van der Waals surface area contributed by atoms with Crippen LogP contribution in [0.15, 0.2) is 12.2 Å². The van der Waals surface area contributed by atoms with E-state index < -0.39 is 5.97 Å². The Morgan fingerprint density at radius 2 is 0.828 bits per heavy atom. The number of carboxylic acid groups (broad SMARTS) is 1. The van der Waals surface area contributed by atoms with E-state index in [-0.39, 0.29) is 0 Å². The van der Waals surface area contributed by atoms with Crippen molar-refractivity contribution in [2.45, 2.75) is 155 Å². The maximum Gasteiger partial charge on any atom is 0.303 e. The molecule has 1 N–H and O–H groups in total. The third-order valence-corrected chi connectivity index (χ3v) is 5.90. The molecular formula is C27H52O2. The first kappa shape index (κ1) is 28.2. The van der Waals surface area contributed by atoms with Gasteiger partial charge in [0.2, 0.25) is 0 Å². The Hall–Kier alpha value is -0.790. The first-order chi connectivity index (χ1) is 14.3. The topological polar surface area (TPSA) is 37.3 Å². The van der Waals surface area contributed by atoms with Crippen LogP contribution in [0.4, 0.5) is 0 Å². The lowest BCUT2D eigenvalue weighted by Crippen LogP contribution is -1.93. The molecule has 0 aromatic carbocycles. The average Bonchev–Trinajstić information content (AvgIpc) is 2.71. The van der Waals surface area contributed by atoms with Crippen LogP contribution >= 0.6 is 0 Å². The number of hydrogen-bond donors (Lipinski definition) is 1. The summed E-state index contributed by atoms with van der Waals surface area (Å²) in [6.07, 6.45) is 34.5. The molecule has 172 valence electrons. The van der Waals surface area contributed by atoms with Crippen LogP contribution in [0.3, 0.4) is 0 Å². The summed E-state index contributed by atoms with van der Waals surface area (Å²) in [5.74, 6) is -0.654. The number of hydrogen-bond acceptors (Lipinski definition) is 1. The zero-order chi connectivity index (χ0) is 21.3. The minimum atomic E-state index is -0.654. The molecule has 0 aromatic heterocycles. The summed E-state index contributed by atoms with van der Waals surface area (Å²) in [4.78, 5) is 10.4. The van der Waals surface area contributed by atoms with Gasteiger partial charge in [-0.3, -0.25) is 4.79 Å². The van der Waals surface area contributed by atoms with Gasteiger partial charge in [0, 0.05) is 6.42 Å². The molecular weight excluding hydrogens is 356 g/mol. The van der Waals surface area contributed by atoms with Gasteiger partial charge in [0.15, 0.2) is 0 Å². The molecule has 0 aromatic rings. The highest BCUT2D eigenvalue weighted by Crippen LogP contribution is 2.13. The third-order valence-electron chi connectivity index (χ3n) is 5.90. The lowest BCUT2D eigenvalue weighted by atomic mass is 10.0. The Morgan fingerprint density at radius 3 is 1.17 bits per heavy atom. The van der Waals surface area contributed by atoms with Gasteiger partial charge in [-0.25, -0.2) is 0 Å². The molecule has 0 heterocycles. The van der Waals surface area contributed by atoms with Gasteiger partial charge in [-0.1, -0.05) is 128 Å². The third kappa shape index (κ3) is 27.2. The Kier molecular flexibility index (Phi) is 24.6. The molecule has 0 atom stereocenters. The fraction of sp³-hybridized carbons (Fsp3) is 0.889. The fourth-order valence-electron chi connectivity index (χ4n) is 3.94. The van der Waals surface area contributed by atoms with Crippen LogP contribution in [0, 0.1) is 0 Å². The molecule has 0 aliphatic rings.